The number of benzene rings is 1. The lowest BCUT2D eigenvalue weighted by Gasteiger charge is -2.30. The summed E-state index contributed by atoms with van der Waals surface area (Å²) in [5, 5.41) is 7.32. The van der Waals surface area contributed by atoms with Crippen molar-refractivity contribution in [3.63, 3.8) is 0 Å². The third kappa shape index (κ3) is 6.86. The van der Waals surface area contributed by atoms with Gasteiger partial charge in [0.1, 0.15) is 11.6 Å². The largest absolute Gasteiger partial charge is 0.435 e. The molecule has 236 valence electrons. The number of pyridine rings is 2. The van der Waals surface area contributed by atoms with E-state index < -0.39 is 23.7 Å². The fourth-order valence-corrected chi connectivity index (χ4v) is 4.52. The van der Waals surface area contributed by atoms with Crippen molar-refractivity contribution in [2.45, 2.75) is 64.7 Å². The topological polar surface area (TPSA) is 64.7 Å². The monoisotopic (exact) mass is 627 g/mol. The van der Waals surface area contributed by atoms with Crippen LogP contribution in [0.25, 0.3) is 11.6 Å². The van der Waals surface area contributed by atoms with Crippen molar-refractivity contribution in [3.05, 3.63) is 102 Å². The SMILES string of the molecule is CC(C)(C)c1cc(N(c2cccc(-n3ccc(C(F)(F)F)n3)n2)c2cccc(-n3ccc(C(F)(F)F)n3)n2)cc(C(C)(C)C)c1. The van der Waals surface area contributed by atoms with Gasteiger partial charge in [0.15, 0.2) is 23.0 Å². The summed E-state index contributed by atoms with van der Waals surface area (Å²) in [6, 6.07) is 17.4. The van der Waals surface area contributed by atoms with Gasteiger partial charge in [0.25, 0.3) is 0 Å². The molecule has 4 heterocycles. The Morgan fingerprint density at radius 3 is 1.29 bits per heavy atom. The van der Waals surface area contributed by atoms with Crippen LogP contribution in [0.4, 0.5) is 43.7 Å². The highest BCUT2D eigenvalue weighted by Crippen LogP contribution is 2.39. The summed E-state index contributed by atoms with van der Waals surface area (Å²) in [5.74, 6) is 0.829. The maximum atomic E-state index is 13.3. The Morgan fingerprint density at radius 1 is 0.556 bits per heavy atom. The maximum Gasteiger partial charge on any atom is 0.435 e. The summed E-state index contributed by atoms with van der Waals surface area (Å²) in [5.41, 5.74) is 0.000179. The van der Waals surface area contributed by atoms with Crippen molar-refractivity contribution >= 4 is 17.3 Å². The molecule has 0 saturated heterocycles. The van der Waals surface area contributed by atoms with Crippen molar-refractivity contribution in [3.8, 4) is 11.6 Å². The molecule has 0 unspecified atom stereocenters. The second-order valence-electron chi connectivity index (χ2n) is 12.6. The first-order valence-corrected chi connectivity index (χ1v) is 14.0. The Labute approximate surface area is 256 Å². The van der Waals surface area contributed by atoms with Crippen LogP contribution in [0.2, 0.25) is 0 Å². The zero-order chi connectivity index (χ0) is 32.9. The summed E-state index contributed by atoms with van der Waals surface area (Å²) in [6.45, 7) is 12.5. The Morgan fingerprint density at radius 2 is 0.956 bits per heavy atom. The Balaban J connectivity index is 1.72. The highest BCUT2D eigenvalue weighted by Gasteiger charge is 2.35. The Kier molecular flexibility index (Phi) is 7.79. The van der Waals surface area contributed by atoms with Gasteiger partial charge in [-0.2, -0.15) is 36.5 Å². The average molecular weight is 628 g/mol. The molecule has 0 fully saturated rings. The van der Waals surface area contributed by atoms with Gasteiger partial charge in [0.2, 0.25) is 0 Å². The van der Waals surface area contributed by atoms with Crippen LogP contribution < -0.4 is 4.90 Å². The van der Waals surface area contributed by atoms with Crippen LogP contribution in [0.15, 0.2) is 79.1 Å². The number of hydrogen-bond acceptors (Lipinski definition) is 5. The summed E-state index contributed by atoms with van der Waals surface area (Å²) in [4.78, 5) is 11.0. The van der Waals surface area contributed by atoms with Crippen LogP contribution in [0.3, 0.4) is 0 Å². The number of hydrogen-bond donors (Lipinski definition) is 0. The summed E-state index contributed by atoms with van der Waals surface area (Å²) >= 11 is 0. The van der Waals surface area contributed by atoms with Crippen LogP contribution in [0.5, 0.6) is 0 Å². The minimum Gasteiger partial charge on any atom is -0.279 e. The third-order valence-corrected chi connectivity index (χ3v) is 7.03. The molecule has 1 aromatic carbocycles. The molecule has 4 aromatic heterocycles. The molecule has 13 heteroatoms. The first-order valence-electron chi connectivity index (χ1n) is 14.0. The summed E-state index contributed by atoms with van der Waals surface area (Å²) in [7, 11) is 0. The van der Waals surface area contributed by atoms with E-state index in [1.807, 2.05) is 12.1 Å². The van der Waals surface area contributed by atoms with Crippen molar-refractivity contribution in [1.82, 2.24) is 29.5 Å². The van der Waals surface area contributed by atoms with E-state index in [0.717, 1.165) is 32.6 Å². The van der Waals surface area contributed by atoms with Crippen LogP contribution >= 0.6 is 0 Å². The van der Waals surface area contributed by atoms with Gasteiger partial charge in [-0.05, 0) is 70.5 Å². The smallest absolute Gasteiger partial charge is 0.279 e. The lowest BCUT2D eigenvalue weighted by molar-refractivity contribution is -0.142. The first kappa shape index (κ1) is 31.7. The second-order valence-corrected chi connectivity index (χ2v) is 12.6. The minimum absolute atomic E-state index is 0.120. The molecule has 0 bridgehead atoms. The van der Waals surface area contributed by atoms with E-state index in [1.54, 1.807) is 29.2 Å². The van der Waals surface area contributed by atoms with Crippen LogP contribution in [0.1, 0.15) is 64.1 Å². The van der Waals surface area contributed by atoms with E-state index >= 15 is 0 Å². The molecule has 0 saturated carbocycles. The quantitative estimate of drug-likeness (QED) is 0.182. The van der Waals surface area contributed by atoms with Gasteiger partial charge in [0, 0.05) is 18.1 Å². The zero-order valence-corrected chi connectivity index (χ0v) is 25.4. The number of halogens is 6. The molecule has 0 aliphatic carbocycles. The number of alkyl halides is 6. The molecule has 45 heavy (non-hydrogen) atoms. The van der Waals surface area contributed by atoms with Gasteiger partial charge in [-0.25, -0.2) is 19.3 Å². The highest BCUT2D eigenvalue weighted by molar-refractivity contribution is 5.74. The predicted octanol–water partition coefficient (Wildman–Crippen LogP) is 8.95. The van der Waals surface area contributed by atoms with Gasteiger partial charge in [-0.15, -0.1) is 0 Å². The fourth-order valence-electron chi connectivity index (χ4n) is 4.52. The molecular weight excluding hydrogens is 596 g/mol. The average Bonchev–Trinajstić information content (AvgIpc) is 3.64. The standard InChI is InChI=1S/C32H31F6N7/c1-29(2,3)20-17-21(30(4,5)6)19-22(18-20)45(27-11-7-9-25(39-27)43-15-13-23(41-43)31(33,34)35)28-12-8-10-26(40-28)44-16-14-24(42-44)32(36,37)38/h7-19H,1-6H3. The molecule has 0 aliphatic rings. The van der Waals surface area contributed by atoms with Gasteiger partial charge >= 0.3 is 12.4 Å². The molecule has 5 rings (SSSR count). The van der Waals surface area contributed by atoms with Gasteiger partial charge < -0.3 is 0 Å². The number of rotatable bonds is 5. The first-order chi connectivity index (χ1) is 20.8. The zero-order valence-electron chi connectivity index (χ0n) is 25.4. The molecule has 0 spiro atoms. The van der Waals surface area contributed by atoms with Crippen molar-refractivity contribution in [2.75, 3.05) is 4.90 Å². The van der Waals surface area contributed by atoms with E-state index in [2.05, 4.69) is 67.8 Å². The Bertz CT molecular complexity index is 1690. The molecule has 0 amide bonds. The van der Waals surface area contributed by atoms with E-state index in [9.17, 15) is 26.3 Å². The van der Waals surface area contributed by atoms with E-state index in [-0.39, 0.29) is 22.5 Å². The number of aromatic nitrogens is 6. The third-order valence-electron chi connectivity index (χ3n) is 7.03. The van der Waals surface area contributed by atoms with Gasteiger partial charge in [0.05, 0.1) is 0 Å². The van der Waals surface area contributed by atoms with E-state index in [4.69, 9.17) is 0 Å². The van der Waals surface area contributed by atoms with Crippen LogP contribution in [-0.4, -0.2) is 29.5 Å². The predicted molar refractivity (Wildman–Crippen MR) is 158 cm³/mol. The maximum absolute atomic E-state index is 13.3. The lowest BCUT2D eigenvalue weighted by Crippen LogP contribution is -2.20. The Hall–Kier alpha value is -4.68. The van der Waals surface area contributed by atoms with Crippen LogP contribution in [0, 0.1) is 0 Å². The van der Waals surface area contributed by atoms with Gasteiger partial charge in [-0.3, -0.25) is 4.90 Å². The normalized spacial score (nSPS) is 12.9. The molecule has 7 nitrogen and oxygen atoms in total. The van der Waals surface area contributed by atoms with Crippen molar-refractivity contribution < 1.29 is 26.3 Å². The van der Waals surface area contributed by atoms with Crippen LogP contribution in [-0.2, 0) is 23.2 Å². The molecule has 0 N–H and O–H groups in total. The van der Waals surface area contributed by atoms with Gasteiger partial charge in [-0.1, -0.05) is 59.7 Å². The molecule has 0 atom stereocenters. The molecule has 0 aliphatic heterocycles. The number of nitrogens with zero attached hydrogens (tertiary/aromatic N) is 7. The molecular formula is C32H31F6N7. The van der Waals surface area contributed by atoms with Crippen molar-refractivity contribution in [2.24, 2.45) is 0 Å². The summed E-state index contributed by atoms with van der Waals surface area (Å²) < 4.78 is 81.8. The molecule has 0 radical (unpaired) electrons. The molecule has 5 aromatic rings. The number of anilines is 3. The summed E-state index contributed by atoms with van der Waals surface area (Å²) in [6.07, 6.45) is -6.92. The van der Waals surface area contributed by atoms with E-state index in [0.29, 0.717) is 17.3 Å². The van der Waals surface area contributed by atoms with E-state index in [1.165, 1.54) is 24.5 Å². The lowest BCUT2D eigenvalue weighted by atomic mass is 9.80. The highest BCUT2D eigenvalue weighted by atomic mass is 19.4. The minimum atomic E-state index is -4.63. The van der Waals surface area contributed by atoms with Crippen molar-refractivity contribution in [1.29, 1.82) is 0 Å². The second kappa shape index (κ2) is 11.0. The fraction of sp³-hybridized carbons (Fsp3) is 0.312.